The van der Waals surface area contributed by atoms with Crippen LogP contribution in [0, 0.1) is 0 Å². The topological polar surface area (TPSA) is 87.2 Å². The van der Waals surface area contributed by atoms with Crippen LogP contribution in [0.15, 0.2) is 0 Å². The van der Waals surface area contributed by atoms with Crippen molar-refractivity contribution in [3.05, 3.63) is 0 Å². The molecule has 1 saturated carbocycles. The minimum Gasteiger partial charge on any atom is -0.480 e. The fourth-order valence-electron chi connectivity index (χ4n) is 2.59. The monoisotopic (exact) mass is 300 g/mol. The molecule has 0 aromatic heterocycles. The molecule has 7 heteroatoms. The smallest absolute Gasteiger partial charge is 0.323 e. The summed E-state index contributed by atoms with van der Waals surface area (Å²) >= 11 is 0. The molecular formula is C14H24N2O5. The molecule has 21 heavy (non-hydrogen) atoms. The number of carboxylic acid groups (broad SMARTS) is 1. The molecule has 0 radical (unpaired) electrons. The molecule has 7 nitrogen and oxygen atoms in total. The zero-order valence-corrected chi connectivity index (χ0v) is 12.7. The molecule has 0 aromatic rings. The number of hydrogen-bond acceptors (Lipinski definition) is 4. The van der Waals surface area contributed by atoms with Crippen LogP contribution < -0.4 is 0 Å². The van der Waals surface area contributed by atoms with Crippen molar-refractivity contribution in [1.82, 2.24) is 9.80 Å². The largest absolute Gasteiger partial charge is 0.480 e. The van der Waals surface area contributed by atoms with Gasteiger partial charge in [-0.2, -0.15) is 0 Å². The summed E-state index contributed by atoms with van der Waals surface area (Å²) in [6, 6.07) is -0.272. The van der Waals surface area contributed by atoms with E-state index < -0.39 is 5.97 Å². The SMILES string of the molecule is COC(=O)CCCN(C)C(=O)N(CC(=O)O)C1CCCC1. The lowest BCUT2D eigenvalue weighted by molar-refractivity contribution is -0.140. The van der Waals surface area contributed by atoms with Crippen molar-refractivity contribution in [2.24, 2.45) is 0 Å². The summed E-state index contributed by atoms with van der Waals surface area (Å²) in [6.45, 7) is 0.127. The number of carbonyl (C=O) groups excluding carboxylic acids is 2. The van der Waals surface area contributed by atoms with Gasteiger partial charge < -0.3 is 19.6 Å². The number of urea groups is 1. The van der Waals surface area contributed by atoms with E-state index in [-0.39, 0.29) is 31.0 Å². The van der Waals surface area contributed by atoms with Crippen molar-refractivity contribution in [3.63, 3.8) is 0 Å². The molecule has 0 heterocycles. The molecule has 0 atom stereocenters. The number of amides is 2. The minimum absolute atomic E-state index is 0.0108. The van der Waals surface area contributed by atoms with Crippen LogP contribution in [0.25, 0.3) is 0 Å². The van der Waals surface area contributed by atoms with Crippen molar-refractivity contribution in [2.75, 3.05) is 27.2 Å². The molecule has 1 N–H and O–H groups in total. The third-order valence-electron chi connectivity index (χ3n) is 3.75. The first-order chi connectivity index (χ1) is 9.95. The zero-order chi connectivity index (χ0) is 15.8. The number of carboxylic acids is 1. The second-order valence-corrected chi connectivity index (χ2v) is 5.34. The molecule has 1 aliphatic carbocycles. The van der Waals surface area contributed by atoms with Gasteiger partial charge in [0.25, 0.3) is 0 Å². The van der Waals surface area contributed by atoms with Gasteiger partial charge in [0.1, 0.15) is 6.54 Å². The average molecular weight is 300 g/mol. The predicted molar refractivity (Wildman–Crippen MR) is 75.9 cm³/mol. The van der Waals surface area contributed by atoms with Crippen molar-refractivity contribution in [1.29, 1.82) is 0 Å². The van der Waals surface area contributed by atoms with Crippen LogP contribution in [0.5, 0.6) is 0 Å². The number of carbonyl (C=O) groups is 3. The molecular weight excluding hydrogens is 276 g/mol. The van der Waals surface area contributed by atoms with E-state index in [2.05, 4.69) is 4.74 Å². The van der Waals surface area contributed by atoms with Crippen molar-refractivity contribution in [3.8, 4) is 0 Å². The summed E-state index contributed by atoms with van der Waals surface area (Å²) in [7, 11) is 2.95. The fraction of sp³-hybridized carbons (Fsp3) is 0.786. The Bertz CT molecular complexity index is 380. The second-order valence-electron chi connectivity index (χ2n) is 5.34. The van der Waals surface area contributed by atoms with Gasteiger partial charge in [-0.3, -0.25) is 9.59 Å². The van der Waals surface area contributed by atoms with E-state index in [1.54, 1.807) is 7.05 Å². The quantitative estimate of drug-likeness (QED) is 0.716. The summed E-state index contributed by atoms with van der Waals surface area (Å²) in [4.78, 5) is 37.3. The van der Waals surface area contributed by atoms with Crippen LogP contribution in [0.2, 0.25) is 0 Å². The van der Waals surface area contributed by atoms with Gasteiger partial charge in [-0.1, -0.05) is 12.8 Å². The number of aliphatic carboxylic acids is 1. The van der Waals surface area contributed by atoms with Gasteiger partial charge in [0, 0.05) is 26.1 Å². The van der Waals surface area contributed by atoms with Crippen molar-refractivity contribution < 1.29 is 24.2 Å². The second kappa shape index (κ2) is 8.49. The Morgan fingerprint density at radius 1 is 1.24 bits per heavy atom. The van der Waals surface area contributed by atoms with E-state index in [0.717, 1.165) is 25.7 Å². The van der Waals surface area contributed by atoms with E-state index in [4.69, 9.17) is 5.11 Å². The van der Waals surface area contributed by atoms with Gasteiger partial charge in [-0.05, 0) is 19.3 Å². The summed E-state index contributed by atoms with van der Waals surface area (Å²) in [6.07, 6.45) is 4.52. The Morgan fingerprint density at radius 3 is 2.38 bits per heavy atom. The number of ether oxygens (including phenoxy) is 1. The number of rotatable bonds is 7. The average Bonchev–Trinajstić information content (AvgIpc) is 2.97. The predicted octanol–water partition coefficient (Wildman–Crippen LogP) is 1.32. The Hall–Kier alpha value is -1.79. The number of esters is 1. The fourth-order valence-corrected chi connectivity index (χ4v) is 2.59. The van der Waals surface area contributed by atoms with Crippen molar-refractivity contribution >= 4 is 18.0 Å². The Kier molecular flexibility index (Phi) is 6.98. The van der Waals surface area contributed by atoms with Crippen LogP contribution in [0.4, 0.5) is 4.79 Å². The minimum atomic E-state index is -1.00. The van der Waals surface area contributed by atoms with Crippen LogP contribution in [-0.4, -0.2) is 66.2 Å². The third kappa shape index (κ3) is 5.61. The first-order valence-electron chi connectivity index (χ1n) is 7.26. The first-order valence-corrected chi connectivity index (χ1v) is 7.26. The molecule has 0 saturated heterocycles. The van der Waals surface area contributed by atoms with Gasteiger partial charge in [0.15, 0.2) is 0 Å². The van der Waals surface area contributed by atoms with Crippen LogP contribution in [0.1, 0.15) is 38.5 Å². The maximum atomic E-state index is 12.4. The van der Waals surface area contributed by atoms with Gasteiger partial charge in [-0.25, -0.2) is 4.79 Å². The van der Waals surface area contributed by atoms with Gasteiger partial charge in [0.05, 0.1) is 7.11 Å². The molecule has 1 fully saturated rings. The zero-order valence-electron chi connectivity index (χ0n) is 12.7. The molecule has 0 spiro atoms. The lowest BCUT2D eigenvalue weighted by atomic mass is 10.2. The standard InChI is InChI=1S/C14H24N2O5/c1-15(9-5-8-13(19)21-2)14(20)16(10-12(17)18)11-6-3-4-7-11/h11H,3-10H2,1-2H3,(H,17,18). The van der Waals surface area contributed by atoms with Gasteiger partial charge in [-0.15, -0.1) is 0 Å². The highest BCUT2D eigenvalue weighted by molar-refractivity contribution is 5.80. The highest BCUT2D eigenvalue weighted by atomic mass is 16.5. The highest BCUT2D eigenvalue weighted by Crippen LogP contribution is 2.24. The highest BCUT2D eigenvalue weighted by Gasteiger charge is 2.30. The van der Waals surface area contributed by atoms with Crippen LogP contribution in [-0.2, 0) is 14.3 Å². The Labute approximate surface area is 124 Å². The molecule has 0 aromatic carbocycles. The molecule has 120 valence electrons. The normalized spacial score (nSPS) is 14.8. The maximum Gasteiger partial charge on any atom is 0.323 e. The van der Waals surface area contributed by atoms with Crippen LogP contribution >= 0.6 is 0 Å². The molecule has 0 aliphatic heterocycles. The van der Waals surface area contributed by atoms with Gasteiger partial charge in [0.2, 0.25) is 0 Å². The number of methoxy groups -OCH3 is 1. The van der Waals surface area contributed by atoms with Gasteiger partial charge >= 0.3 is 18.0 Å². The molecule has 0 bridgehead atoms. The van der Waals surface area contributed by atoms with E-state index in [1.165, 1.54) is 16.9 Å². The summed E-state index contributed by atoms with van der Waals surface area (Å²) in [5, 5.41) is 8.98. The Balaban J connectivity index is 2.53. The first kappa shape index (κ1) is 17.3. The van der Waals surface area contributed by atoms with Crippen LogP contribution in [0.3, 0.4) is 0 Å². The molecule has 1 aliphatic rings. The summed E-state index contributed by atoms with van der Waals surface area (Å²) < 4.78 is 4.54. The molecule has 0 unspecified atom stereocenters. The van der Waals surface area contributed by atoms with E-state index in [1.807, 2.05) is 0 Å². The van der Waals surface area contributed by atoms with E-state index in [9.17, 15) is 14.4 Å². The maximum absolute atomic E-state index is 12.4. The number of hydrogen-bond donors (Lipinski definition) is 1. The molecule has 1 rings (SSSR count). The Morgan fingerprint density at radius 2 is 1.86 bits per heavy atom. The lowest BCUT2D eigenvalue weighted by Crippen LogP contribution is -2.48. The van der Waals surface area contributed by atoms with E-state index >= 15 is 0 Å². The molecule has 2 amide bonds. The van der Waals surface area contributed by atoms with E-state index in [0.29, 0.717) is 13.0 Å². The summed E-state index contributed by atoms with van der Waals surface area (Å²) in [5.41, 5.74) is 0. The number of nitrogens with zero attached hydrogens (tertiary/aromatic N) is 2. The lowest BCUT2D eigenvalue weighted by Gasteiger charge is -2.31. The third-order valence-corrected chi connectivity index (χ3v) is 3.75. The van der Waals surface area contributed by atoms with Crippen molar-refractivity contribution in [2.45, 2.75) is 44.6 Å². The summed E-state index contributed by atoms with van der Waals surface area (Å²) in [5.74, 6) is -1.31.